The van der Waals surface area contributed by atoms with E-state index in [-0.39, 0.29) is 5.43 Å². The lowest BCUT2D eigenvalue weighted by Crippen LogP contribution is -2.14. The SMILES string of the molecule is Cc1cn(O)c(CC(C)C)cc1=O. The topological polar surface area (TPSA) is 42.2 Å². The lowest BCUT2D eigenvalue weighted by molar-refractivity contribution is 0.171. The molecule has 0 saturated carbocycles. The van der Waals surface area contributed by atoms with Gasteiger partial charge in [0.2, 0.25) is 0 Å². The van der Waals surface area contributed by atoms with E-state index in [2.05, 4.69) is 0 Å². The Bertz CT molecular complexity index is 352. The van der Waals surface area contributed by atoms with E-state index < -0.39 is 0 Å². The maximum absolute atomic E-state index is 11.2. The molecule has 0 atom stereocenters. The zero-order valence-electron chi connectivity index (χ0n) is 8.24. The van der Waals surface area contributed by atoms with E-state index in [1.54, 1.807) is 6.92 Å². The highest BCUT2D eigenvalue weighted by Crippen LogP contribution is 2.05. The molecule has 1 aromatic rings. The monoisotopic (exact) mass is 181 g/mol. The van der Waals surface area contributed by atoms with E-state index in [0.29, 0.717) is 23.6 Å². The number of hydrogen-bond acceptors (Lipinski definition) is 2. The molecule has 0 aliphatic carbocycles. The van der Waals surface area contributed by atoms with Gasteiger partial charge in [-0.2, -0.15) is 4.73 Å². The van der Waals surface area contributed by atoms with Gasteiger partial charge in [0.15, 0.2) is 5.43 Å². The summed E-state index contributed by atoms with van der Waals surface area (Å²) in [7, 11) is 0. The minimum atomic E-state index is -0.0130. The molecule has 0 amide bonds. The molecular weight excluding hydrogens is 166 g/mol. The molecule has 1 aromatic heterocycles. The summed E-state index contributed by atoms with van der Waals surface area (Å²) >= 11 is 0. The Morgan fingerprint density at radius 1 is 1.54 bits per heavy atom. The second-order valence-corrected chi connectivity index (χ2v) is 3.75. The van der Waals surface area contributed by atoms with Gasteiger partial charge in [0.25, 0.3) is 0 Å². The number of nitrogens with zero attached hydrogens (tertiary/aromatic N) is 1. The molecule has 0 aliphatic rings. The van der Waals surface area contributed by atoms with E-state index in [4.69, 9.17) is 0 Å². The zero-order chi connectivity index (χ0) is 10.0. The third-order valence-corrected chi connectivity index (χ3v) is 1.91. The standard InChI is InChI=1S/C10H15NO2/c1-7(2)4-9-5-10(12)8(3)6-11(9)13/h5-7,13H,4H2,1-3H3. The Morgan fingerprint density at radius 2 is 2.15 bits per heavy atom. The smallest absolute Gasteiger partial charge is 0.184 e. The van der Waals surface area contributed by atoms with E-state index in [0.717, 1.165) is 4.73 Å². The number of rotatable bonds is 2. The predicted octanol–water partition coefficient (Wildman–Crippen LogP) is 1.59. The molecule has 3 heteroatoms. The first kappa shape index (κ1) is 9.84. The number of hydrogen-bond donors (Lipinski definition) is 1. The van der Waals surface area contributed by atoms with Crippen molar-refractivity contribution in [2.24, 2.45) is 5.92 Å². The summed E-state index contributed by atoms with van der Waals surface area (Å²) in [6, 6.07) is 1.50. The van der Waals surface area contributed by atoms with Gasteiger partial charge in [-0.15, -0.1) is 0 Å². The fourth-order valence-electron chi connectivity index (χ4n) is 1.23. The van der Waals surface area contributed by atoms with Gasteiger partial charge in [-0.3, -0.25) is 4.79 Å². The van der Waals surface area contributed by atoms with Crippen molar-refractivity contribution in [3.05, 3.63) is 33.7 Å². The van der Waals surface area contributed by atoms with Gasteiger partial charge in [-0.05, 0) is 19.3 Å². The average Bonchev–Trinajstić information content (AvgIpc) is 1.99. The zero-order valence-corrected chi connectivity index (χ0v) is 8.24. The molecular formula is C10H15NO2. The first-order chi connectivity index (χ1) is 6.00. The van der Waals surface area contributed by atoms with Crippen LogP contribution >= 0.6 is 0 Å². The van der Waals surface area contributed by atoms with E-state index >= 15 is 0 Å². The third-order valence-electron chi connectivity index (χ3n) is 1.91. The summed E-state index contributed by atoms with van der Waals surface area (Å²) < 4.78 is 1.04. The van der Waals surface area contributed by atoms with Crippen LogP contribution in [-0.4, -0.2) is 9.94 Å². The van der Waals surface area contributed by atoms with Crippen LogP contribution in [0.2, 0.25) is 0 Å². The number of pyridine rings is 1. The van der Waals surface area contributed by atoms with Crippen LogP contribution in [0.1, 0.15) is 25.1 Å². The lowest BCUT2D eigenvalue weighted by Gasteiger charge is -2.09. The van der Waals surface area contributed by atoms with Crippen molar-refractivity contribution >= 4 is 0 Å². The molecule has 0 saturated heterocycles. The summed E-state index contributed by atoms with van der Waals surface area (Å²) in [5.41, 5.74) is 1.22. The summed E-state index contributed by atoms with van der Waals surface area (Å²) in [4.78, 5) is 11.2. The van der Waals surface area contributed by atoms with Gasteiger partial charge in [-0.25, -0.2) is 0 Å². The molecule has 1 rings (SSSR count). The molecule has 3 nitrogen and oxygen atoms in total. The van der Waals surface area contributed by atoms with Crippen LogP contribution in [0, 0.1) is 12.8 Å². The Kier molecular flexibility index (Phi) is 2.76. The highest BCUT2D eigenvalue weighted by Gasteiger charge is 2.04. The van der Waals surface area contributed by atoms with Crippen LogP contribution in [0.4, 0.5) is 0 Å². The summed E-state index contributed by atoms with van der Waals surface area (Å²) in [5.74, 6) is 0.431. The van der Waals surface area contributed by atoms with Gasteiger partial charge in [0.1, 0.15) is 0 Å². The van der Waals surface area contributed by atoms with Crippen molar-refractivity contribution in [3.8, 4) is 0 Å². The predicted molar refractivity (Wildman–Crippen MR) is 51.2 cm³/mol. The van der Waals surface area contributed by atoms with E-state index in [9.17, 15) is 10.0 Å². The molecule has 0 spiro atoms. The normalized spacial score (nSPS) is 10.8. The molecule has 72 valence electrons. The van der Waals surface area contributed by atoms with Crippen molar-refractivity contribution in [2.75, 3.05) is 0 Å². The highest BCUT2D eigenvalue weighted by molar-refractivity contribution is 5.14. The Balaban J connectivity index is 3.09. The molecule has 0 radical (unpaired) electrons. The average molecular weight is 181 g/mol. The van der Waals surface area contributed by atoms with Crippen LogP contribution < -0.4 is 5.43 Å². The van der Waals surface area contributed by atoms with Crippen LogP contribution in [-0.2, 0) is 6.42 Å². The fourth-order valence-corrected chi connectivity index (χ4v) is 1.23. The molecule has 0 aliphatic heterocycles. The van der Waals surface area contributed by atoms with Crippen molar-refractivity contribution in [3.63, 3.8) is 0 Å². The van der Waals surface area contributed by atoms with Gasteiger partial charge in [0, 0.05) is 11.6 Å². The minimum Gasteiger partial charge on any atom is -0.429 e. The summed E-state index contributed by atoms with van der Waals surface area (Å²) in [5, 5.41) is 9.44. The lowest BCUT2D eigenvalue weighted by atomic mass is 10.1. The molecule has 1 N–H and O–H groups in total. The quantitative estimate of drug-likeness (QED) is 0.704. The summed E-state index contributed by atoms with van der Waals surface area (Å²) in [6.45, 7) is 5.78. The molecule has 0 fully saturated rings. The van der Waals surface area contributed by atoms with Crippen molar-refractivity contribution in [1.82, 2.24) is 4.73 Å². The van der Waals surface area contributed by atoms with Crippen molar-refractivity contribution in [1.29, 1.82) is 0 Å². The van der Waals surface area contributed by atoms with Gasteiger partial charge >= 0.3 is 0 Å². The first-order valence-corrected chi connectivity index (χ1v) is 4.42. The second kappa shape index (κ2) is 3.64. The number of aryl methyl sites for hydroxylation is 1. The first-order valence-electron chi connectivity index (χ1n) is 4.42. The third kappa shape index (κ3) is 2.34. The van der Waals surface area contributed by atoms with E-state index in [1.165, 1.54) is 12.3 Å². The van der Waals surface area contributed by atoms with Crippen LogP contribution in [0.15, 0.2) is 17.1 Å². The van der Waals surface area contributed by atoms with Gasteiger partial charge in [0.05, 0.1) is 11.9 Å². The molecule has 0 bridgehead atoms. The molecule has 1 heterocycles. The maximum Gasteiger partial charge on any atom is 0.184 e. The Labute approximate surface area is 77.6 Å². The number of aromatic nitrogens is 1. The fraction of sp³-hybridized carbons (Fsp3) is 0.500. The largest absolute Gasteiger partial charge is 0.429 e. The molecule has 13 heavy (non-hydrogen) atoms. The van der Waals surface area contributed by atoms with Crippen LogP contribution in [0.5, 0.6) is 0 Å². The Hall–Kier alpha value is -1.25. The van der Waals surface area contributed by atoms with Crippen molar-refractivity contribution in [2.45, 2.75) is 27.2 Å². The summed E-state index contributed by atoms with van der Waals surface area (Å²) in [6.07, 6.45) is 2.17. The van der Waals surface area contributed by atoms with Crippen LogP contribution in [0.3, 0.4) is 0 Å². The highest BCUT2D eigenvalue weighted by atomic mass is 16.5. The van der Waals surface area contributed by atoms with Crippen LogP contribution in [0.25, 0.3) is 0 Å². The van der Waals surface area contributed by atoms with Gasteiger partial charge < -0.3 is 5.21 Å². The minimum absolute atomic E-state index is 0.0130. The van der Waals surface area contributed by atoms with E-state index in [1.807, 2.05) is 13.8 Å². The maximum atomic E-state index is 11.2. The van der Waals surface area contributed by atoms with Crippen molar-refractivity contribution < 1.29 is 5.21 Å². The Morgan fingerprint density at radius 3 is 2.69 bits per heavy atom. The molecule has 0 aromatic carbocycles. The van der Waals surface area contributed by atoms with Gasteiger partial charge in [-0.1, -0.05) is 13.8 Å². The molecule has 0 unspecified atom stereocenters. The second-order valence-electron chi connectivity index (χ2n) is 3.75.